The molecule has 3 aromatic rings. The number of ether oxygens (including phenoxy) is 1. The van der Waals surface area contributed by atoms with Crippen LogP contribution in [0.3, 0.4) is 0 Å². The monoisotopic (exact) mass is 428 g/mol. The van der Waals surface area contributed by atoms with E-state index >= 15 is 0 Å². The van der Waals surface area contributed by atoms with Gasteiger partial charge in [0.05, 0.1) is 18.0 Å². The lowest BCUT2D eigenvalue weighted by molar-refractivity contribution is -0.127. The predicted octanol–water partition coefficient (Wildman–Crippen LogP) is 4.03. The van der Waals surface area contributed by atoms with Gasteiger partial charge in [0.1, 0.15) is 5.75 Å². The third kappa shape index (κ3) is 5.16. The number of amides is 1. The molecule has 1 amide bonds. The van der Waals surface area contributed by atoms with E-state index in [2.05, 4.69) is 15.3 Å². The summed E-state index contributed by atoms with van der Waals surface area (Å²) in [5.41, 5.74) is 1.96. The summed E-state index contributed by atoms with van der Waals surface area (Å²) in [6, 6.07) is 16.9. The van der Waals surface area contributed by atoms with Crippen molar-refractivity contribution in [2.75, 3.05) is 12.3 Å². The van der Waals surface area contributed by atoms with Gasteiger partial charge < -0.3 is 9.15 Å². The highest BCUT2D eigenvalue weighted by atomic mass is 35.5. The molecule has 0 fully saturated rings. The fourth-order valence-corrected chi connectivity index (χ4v) is 3.47. The minimum absolute atomic E-state index is 0.0990. The molecule has 0 spiro atoms. The second-order valence-corrected chi connectivity index (χ2v) is 7.54. The highest BCUT2D eigenvalue weighted by molar-refractivity contribution is 7.99. The molecule has 9 heteroatoms. The van der Waals surface area contributed by atoms with E-state index in [4.69, 9.17) is 20.8 Å². The Morgan fingerprint density at radius 1 is 1.14 bits per heavy atom. The number of hydrogen-bond acceptors (Lipinski definition) is 7. The van der Waals surface area contributed by atoms with Crippen molar-refractivity contribution in [2.24, 2.45) is 5.10 Å². The number of halogens is 1. The lowest BCUT2D eigenvalue weighted by Gasteiger charge is -2.09. The Bertz CT molecular complexity index is 1010. The first-order valence-electron chi connectivity index (χ1n) is 8.94. The average Bonchev–Trinajstić information content (AvgIpc) is 3.42. The number of carbonyl (C=O) groups excluding carboxylic acids is 1. The molecule has 0 unspecified atom stereocenters. The number of thioether (sulfide) groups is 1. The molecule has 0 atom stereocenters. The Morgan fingerprint density at radius 2 is 1.93 bits per heavy atom. The molecule has 7 nitrogen and oxygen atoms in total. The summed E-state index contributed by atoms with van der Waals surface area (Å²) in [4.78, 5) is 12.4. The Labute approximate surface area is 176 Å². The van der Waals surface area contributed by atoms with E-state index in [1.54, 1.807) is 24.3 Å². The molecule has 0 radical (unpaired) electrons. The van der Waals surface area contributed by atoms with Crippen molar-refractivity contribution in [3.63, 3.8) is 0 Å². The third-order valence-corrected chi connectivity index (χ3v) is 5.20. The SMILES string of the molecule is O=C(CSc1nnc(COc2ccc(Cl)cc2)o1)N1CCC(c2ccccc2)=N1. The summed E-state index contributed by atoms with van der Waals surface area (Å²) in [5.74, 6) is 1.06. The summed E-state index contributed by atoms with van der Waals surface area (Å²) in [7, 11) is 0. The van der Waals surface area contributed by atoms with Crippen molar-refractivity contribution in [2.45, 2.75) is 18.3 Å². The molecule has 1 aliphatic rings. The zero-order valence-corrected chi connectivity index (χ0v) is 16.9. The van der Waals surface area contributed by atoms with Crippen LogP contribution in [0.4, 0.5) is 0 Å². The van der Waals surface area contributed by atoms with E-state index in [1.807, 2.05) is 30.3 Å². The van der Waals surface area contributed by atoms with E-state index in [-0.39, 0.29) is 18.3 Å². The smallest absolute Gasteiger partial charge is 0.277 e. The van der Waals surface area contributed by atoms with E-state index < -0.39 is 0 Å². The molecule has 2 aromatic carbocycles. The second kappa shape index (κ2) is 9.11. The number of hydrazone groups is 1. The van der Waals surface area contributed by atoms with Crippen LogP contribution in [0.15, 0.2) is 69.3 Å². The largest absolute Gasteiger partial charge is 0.484 e. The van der Waals surface area contributed by atoms with Gasteiger partial charge in [0.25, 0.3) is 17.0 Å². The van der Waals surface area contributed by atoms with Gasteiger partial charge >= 0.3 is 0 Å². The maximum absolute atomic E-state index is 12.4. The zero-order chi connectivity index (χ0) is 20.1. The minimum atomic E-state index is -0.0990. The fourth-order valence-electron chi connectivity index (χ4n) is 2.70. The number of aromatic nitrogens is 2. The standard InChI is InChI=1S/C20H17ClN4O3S/c21-15-6-8-16(9-7-15)27-12-18-22-23-20(28-18)29-13-19(26)25-11-10-17(24-25)14-4-2-1-3-5-14/h1-9H,10-13H2. The van der Waals surface area contributed by atoms with Gasteiger partial charge in [-0.3, -0.25) is 4.79 Å². The lowest BCUT2D eigenvalue weighted by atomic mass is 10.1. The van der Waals surface area contributed by atoms with E-state index in [0.29, 0.717) is 28.4 Å². The number of rotatable bonds is 7. The van der Waals surface area contributed by atoms with Gasteiger partial charge in [-0.15, -0.1) is 10.2 Å². The quantitative estimate of drug-likeness (QED) is 0.528. The van der Waals surface area contributed by atoms with Crippen molar-refractivity contribution in [3.8, 4) is 5.75 Å². The van der Waals surface area contributed by atoms with Gasteiger partial charge in [0, 0.05) is 11.4 Å². The third-order valence-electron chi connectivity index (χ3n) is 4.14. The molecule has 0 aliphatic carbocycles. The van der Waals surface area contributed by atoms with Crippen LogP contribution in [0, 0.1) is 0 Å². The summed E-state index contributed by atoms with van der Waals surface area (Å²) in [6.07, 6.45) is 0.743. The molecule has 0 bridgehead atoms. The van der Waals surface area contributed by atoms with Gasteiger partial charge in [-0.25, -0.2) is 5.01 Å². The first-order chi connectivity index (χ1) is 14.2. The summed E-state index contributed by atoms with van der Waals surface area (Å²) >= 11 is 7.02. The van der Waals surface area contributed by atoms with Crippen LogP contribution in [0.25, 0.3) is 0 Å². The normalized spacial score (nSPS) is 13.4. The molecule has 1 aliphatic heterocycles. The van der Waals surface area contributed by atoms with Gasteiger partial charge in [0.15, 0.2) is 6.61 Å². The maximum atomic E-state index is 12.4. The van der Waals surface area contributed by atoms with Crippen molar-refractivity contribution in [1.82, 2.24) is 15.2 Å². The number of carbonyl (C=O) groups is 1. The van der Waals surface area contributed by atoms with Crippen LogP contribution in [0.1, 0.15) is 17.9 Å². The first kappa shape index (κ1) is 19.5. The first-order valence-corrected chi connectivity index (χ1v) is 10.3. The van der Waals surface area contributed by atoms with Crippen molar-refractivity contribution in [1.29, 1.82) is 0 Å². The van der Waals surface area contributed by atoms with Gasteiger partial charge in [-0.2, -0.15) is 5.10 Å². The average molecular weight is 429 g/mol. The van der Waals surface area contributed by atoms with Gasteiger partial charge in [-0.05, 0) is 29.8 Å². The lowest BCUT2D eigenvalue weighted by Crippen LogP contribution is -2.25. The molecule has 1 aromatic heterocycles. The Morgan fingerprint density at radius 3 is 2.72 bits per heavy atom. The van der Waals surface area contributed by atoms with Crippen LogP contribution < -0.4 is 4.74 Å². The molecule has 0 saturated heterocycles. The highest BCUT2D eigenvalue weighted by Gasteiger charge is 2.22. The fraction of sp³-hybridized carbons (Fsp3) is 0.200. The topological polar surface area (TPSA) is 80.8 Å². The highest BCUT2D eigenvalue weighted by Crippen LogP contribution is 2.21. The van der Waals surface area contributed by atoms with Crippen LogP contribution in [0.5, 0.6) is 5.75 Å². The number of nitrogens with zero attached hydrogens (tertiary/aromatic N) is 4. The Kier molecular flexibility index (Phi) is 6.12. The minimum Gasteiger partial charge on any atom is -0.484 e. The van der Waals surface area contributed by atoms with Crippen LogP contribution >= 0.6 is 23.4 Å². The molecular formula is C20H17ClN4O3S. The zero-order valence-electron chi connectivity index (χ0n) is 15.3. The molecule has 0 N–H and O–H groups in total. The molecule has 148 valence electrons. The second-order valence-electron chi connectivity index (χ2n) is 6.17. The van der Waals surface area contributed by atoms with Gasteiger partial charge in [0.2, 0.25) is 0 Å². The number of benzene rings is 2. The van der Waals surface area contributed by atoms with Crippen molar-refractivity contribution < 1.29 is 13.9 Å². The summed E-state index contributed by atoms with van der Waals surface area (Å²) in [6.45, 7) is 0.716. The molecule has 29 heavy (non-hydrogen) atoms. The van der Waals surface area contributed by atoms with Crippen LogP contribution in [-0.2, 0) is 11.4 Å². The van der Waals surface area contributed by atoms with E-state index in [0.717, 1.165) is 17.7 Å². The molecule has 2 heterocycles. The molecular weight excluding hydrogens is 412 g/mol. The molecule has 0 saturated carbocycles. The van der Waals surface area contributed by atoms with Gasteiger partial charge in [-0.1, -0.05) is 53.7 Å². The number of hydrogen-bond donors (Lipinski definition) is 0. The van der Waals surface area contributed by atoms with Crippen molar-refractivity contribution in [3.05, 3.63) is 71.1 Å². The predicted molar refractivity (Wildman–Crippen MR) is 110 cm³/mol. The summed E-state index contributed by atoms with van der Waals surface area (Å²) < 4.78 is 11.1. The molecule has 4 rings (SSSR count). The van der Waals surface area contributed by atoms with Crippen molar-refractivity contribution >= 4 is 35.0 Å². The van der Waals surface area contributed by atoms with E-state index in [1.165, 1.54) is 16.8 Å². The maximum Gasteiger partial charge on any atom is 0.277 e. The summed E-state index contributed by atoms with van der Waals surface area (Å²) in [5, 5.41) is 14.8. The van der Waals surface area contributed by atoms with E-state index in [9.17, 15) is 4.79 Å². The Balaban J connectivity index is 1.27. The van der Waals surface area contributed by atoms with Crippen LogP contribution in [0.2, 0.25) is 5.02 Å². The van der Waals surface area contributed by atoms with Crippen LogP contribution in [-0.4, -0.2) is 39.1 Å². The Hall–Kier alpha value is -2.84.